The summed E-state index contributed by atoms with van der Waals surface area (Å²) in [7, 11) is 0. The van der Waals surface area contributed by atoms with Crippen molar-refractivity contribution in [1.29, 1.82) is 0 Å². The summed E-state index contributed by atoms with van der Waals surface area (Å²) in [5, 5.41) is 9.49. The van der Waals surface area contributed by atoms with E-state index in [1.54, 1.807) is 17.7 Å². The minimum absolute atomic E-state index is 0. The van der Waals surface area contributed by atoms with Crippen LogP contribution in [0.4, 0.5) is 5.82 Å². The van der Waals surface area contributed by atoms with Crippen molar-refractivity contribution in [1.82, 2.24) is 20.6 Å². The van der Waals surface area contributed by atoms with Crippen molar-refractivity contribution >= 4 is 45.7 Å². The monoisotopic (exact) mass is 383 g/mol. The first kappa shape index (κ1) is 19.9. The van der Waals surface area contributed by atoms with Gasteiger partial charge < -0.3 is 15.5 Å². The fourth-order valence-corrected chi connectivity index (χ4v) is 3.86. The zero-order chi connectivity index (χ0) is 16.8. The molecule has 1 fully saturated rings. The standard InChI is InChI=1S/C17H25N5OS.ClH/c1-2-6-18-7-8-19-16(23)13-4-3-9-22(11-13)15-14-5-10-24-17(14)21-12-20-15;/h5,10,12-13,18H,2-4,6-9,11H2,1H3,(H,19,23);1H. The quantitative estimate of drug-likeness (QED) is 0.718. The summed E-state index contributed by atoms with van der Waals surface area (Å²) in [4.78, 5) is 24.5. The SMILES string of the molecule is CCCNCCNC(=O)C1CCCN(c2ncnc3sccc23)C1.Cl. The summed E-state index contributed by atoms with van der Waals surface area (Å²) in [6, 6.07) is 2.07. The molecule has 0 aliphatic carbocycles. The van der Waals surface area contributed by atoms with Gasteiger partial charge in [-0.3, -0.25) is 4.79 Å². The Bertz CT molecular complexity index is 680. The van der Waals surface area contributed by atoms with Gasteiger partial charge in [0, 0.05) is 26.2 Å². The van der Waals surface area contributed by atoms with E-state index in [1.165, 1.54) is 0 Å². The summed E-state index contributed by atoms with van der Waals surface area (Å²) < 4.78 is 0. The number of hydrogen-bond acceptors (Lipinski definition) is 6. The molecule has 1 aliphatic rings. The van der Waals surface area contributed by atoms with Gasteiger partial charge >= 0.3 is 0 Å². The molecule has 1 unspecified atom stereocenters. The second-order valence-electron chi connectivity index (χ2n) is 6.16. The largest absolute Gasteiger partial charge is 0.355 e. The molecule has 8 heteroatoms. The normalized spacial score (nSPS) is 17.3. The van der Waals surface area contributed by atoms with Crippen molar-refractivity contribution in [2.45, 2.75) is 26.2 Å². The zero-order valence-corrected chi connectivity index (χ0v) is 16.2. The van der Waals surface area contributed by atoms with Crippen molar-refractivity contribution in [2.75, 3.05) is 37.6 Å². The van der Waals surface area contributed by atoms with Crippen LogP contribution in [0.1, 0.15) is 26.2 Å². The molecule has 2 aromatic rings. The number of nitrogens with one attached hydrogen (secondary N) is 2. The Balaban J connectivity index is 0.00000225. The number of hydrogen-bond donors (Lipinski definition) is 2. The molecule has 1 aliphatic heterocycles. The molecule has 1 atom stereocenters. The molecule has 1 amide bonds. The molecular weight excluding hydrogens is 358 g/mol. The highest BCUT2D eigenvalue weighted by Gasteiger charge is 2.27. The molecule has 0 bridgehead atoms. The van der Waals surface area contributed by atoms with Crippen LogP contribution in [0, 0.1) is 5.92 Å². The molecule has 3 heterocycles. The molecule has 0 saturated carbocycles. The van der Waals surface area contributed by atoms with Crippen LogP contribution in [0.15, 0.2) is 17.8 Å². The van der Waals surface area contributed by atoms with E-state index in [1.807, 2.05) is 5.38 Å². The van der Waals surface area contributed by atoms with Crippen molar-refractivity contribution in [2.24, 2.45) is 5.92 Å². The molecule has 138 valence electrons. The smallest absolute Gasteiger partial charge is 0.224 e. The molecule has 3 rings (SSSR count). The van der Waals surface area contributed by atoms with Crippen LogP contribution in [-0.4, -0.2) is 48.6 Å². The van der Waals surface area contributed by atoms with Crippen LogP contribution in [0.3, 0.4) is 0 Å². The van der Waals surface area contributed by atoms with Crippen LogP contribution in [0.2, 0.25) is 0 Å². The Morgan fingerprint density at radius 2 is 2.24 bits per heavy atom. The van der Waals surface area contributed by atoms with Gasteiger partial charge in [0.1, 0.15) is 17.0 Å². The summed E-state index contributed by atoms with van der Waals surface area (Å²) in [6.07, 6.45) is 4.70. The van der Waals surface area contributed by atoms with Gasteiger partial charge in [-0.25, -0.2) is 9.97 Å². The van der Waals surface area contributed by atoms with E-state index in [-0.39, 0.29) is 24.2 Å². The van der Waals surface area contributed by atoms with Gasteiger partial charge in [0.15, 0.2) is 0 Å². The minimum atomic E-state index is 0. The second kappa shape index (κ2) is 9.89. The zero-order valence-electron chi connectivity index (χ0n) is 14.5. The number of carbonyl (C=O) groups is 1. The van der Waals surface area contributed by atoms with Crippen LogP contribution in [0.25, 0.3) is 10.2 Å². The molecular formula is C17H26ClN5OS. The first-order chi connectivity index (χ1) is 11.8. The summed E-state index contributed by atoms with van der Waals surface area (Å²) >= 11 is 1.63. The molecule has 2 aromatic heterocycles. The van der Waals surface area contributed by atoms with Gasteiger partial charge in [0.2, 0.25) is 5.91 Å². The number of rotatable bonds is 7. The summed E-state index contributed by atoms with van der Waals surface area (Å²) in [5.74, 6) is 1.16. The van der Waals surface area contributed by atoms with Gasteiger partial charge in [0.05, 0.1) is 11.3 Å². The first-order valence-electron chi connectivity index (χ1n) is 8.71. The maximum atomic E-state index is 12.4. The molecule has 6 nitrogen and oxygen atoms in total. The Morgan fingerprint density at radius 3 is 3.08 bits per heavy atom. The Labute approximate surface area is 158 Å². The van der Waals surface area contributed by atoms with E-state index in [0.29, 0.717) is 6.54 Å². The van der Waals surface area contributed by atoms with E-state index in [9.17, 15) is 4.79 Å². The number of carbonyl (C=O) groups excluding carboxylic acids is 1. The number of aromatic nitrogens is 2. The predicted octanol–water partition coefficient (Wildman–Crippen LogP) is 2.45. The van der Waals surface area contributed by atoms with Gasteiger partial charge in [-0.15, -0.1) is 23.7 Å². The third kappa shape index (κ3) is 5.03. The highest BCUT2D eigenvalue weighted by atomic mass is 35.5. The minimum Gasteiger partial charge on any atom is -0.355 e. The van der Waals surface area contributed by atoms with Gasteiger partial charge in [0.25, 0.3) is 0 Å². The fourth-order valence-electron chi connectivity index (χ4n) is 3.13. The number of piperidine rings is 1. The number of nitrogens with zero attached hydrogens (tertiary/aromatic N) is 3. The van der Waals surface area contributed by atoms with Crippen molar-refractivity contribution < 1.29 is 4.79 Å². The molecule has 0 aromatic carbocycles. The van der Waals surface area contributed by atoms with Gasteiger partial charge in [-0.2, -0.15) is 0 Å². The van der Waals surface area contributed by atoms with Crippen molar-refractivity contribution in [3.05, 3.63) is 17.8 Å². The van der Waals surface area contributed by atoms with E-state index in [0.717, 1.165) is 61.5 Å². The average molecular weight is 384 g/mol. The van der Waals surface area contributed by atoms with E-state index < -0.39 is 0 Å². The Hall–Kier alpha value is -1.44. The molecule has 0 spiro atoms. The van der Waals surface area contributed by atoms with Crippen LogP contribution < -0.4 is 15.5 Å². The lowest BCUT2D eigenvalue weighted by molar-refractivity contribution is -0.125. The highest BCUT2D eigenvalue weighted by Crippen LogP contribution is 2.29. The third-order valence-corrected chi connectivity index (χ3v) is 5.18. The molecule has 1 saturated heterocycles. The third-order valence-electron chi connectivity index (χ3n) is 4.36. The summed E-state index contributed by atoms with van der Waals surface area (Å²) in [6.45, 7) is 6.34. The topological polar surface area (TPSA) is 70.2 Å². The lowest BCUT2D eigenvalue weighted by Gasteiger charge is -2.33. The highest BCUT2D eigenvalue weighted by molar-refractivity contribution is 7.16. The Morgan fingerprint density at radius 1 is 1.36 bits per heavy atom. The van der Waals surface area contributed by atoms with E-state index in [2.05, 4.69) is 38.5 Å². The van der Waals surface area contributed by atoms with Crippen LogP contribution >= 0.6 is 23.7 Å². The van der Waals surface area contributed by atoms with E-state index >= 15 is 0 Å². The molecule has 0 radical (unpaired) electrons. The maximum absolute atomic E-state index is 12.4. The Kier molecular flexibility index (Phi) is 7.87. The van der Waals surface area contributed by atoms with Gasteiger partial charge in [-0.05, 0) is 37.3 Å². The van der Waals surface area contributed by atoms with E-state index in [4.69, 9.17) is 0 Å². The number of fused-ring (bicyclic) bond motifs is 1. The summed E-state index contributed by atoms with van der Waals surface area (Å²) in [5.41, 5.74) is 0. The second-order valence-corrected chi connectivity index (χ2v) is 7.06. The molecule has 25 heavy (non-hydrogen) atoms. The molecule has 2 N–H and O–H groups in total. The maximum Gasteiger partial charge on any atom is 0.224 e. The van der Waals surface area contributed by atoms with Crippen molar-refractivity contribution in [3.63, 3.8) is 0 Å². The van der Waals surface area contributed by atoms with Crippen molar-refractivity contribution in [3.8, 4) is 0 Å². The predicted molar refractivity (Wildman–Crippen MR) is 106 cm³/mol. The first-order valence-corrected chi connectivity index (χ1v) is 9.59. The fraction of sp³-hybridized carbons (Fsp3) is 0.588. The van der Waals surface area contributed by atoms with Crippen LogP contribution in [0.5, 0.6) is 0 Å². The number of amides is 1. The average Bonchev–Trinajstić information content (AvgIpc) is 3.10. The van der Waals surface area contributed by atoms with Crippen LogP contribution in [-0.2, 0) is 4.79 Å². The number of anilines is 1. The number of thiophene rings is 1. The lowest BCUT2D eigenvalue weighted by Crippen LogP contribution is -2.44. The van der Waals surface area contributed by atoms with Gasteiger partial charge in [-0.1, -0.05) is 6.92 Å². The lowest BCUT2D eigenvalue weighted by atomic mass is 9.97. The number of halogens is 1.